The van der Waals surface area contributed by atoms with Crippen LogP contribution in [0.15, 0.2) is 18.2 Å². The average Bonchev–Trinajstić information content (AvgIpc) is 2.86. The first-order chi connectivity index (χ1) is 12.1. The summed E-state index contributed by atoms with van der Waals surface area (Å²) in [7, 11) is 0. The summed E-state index contributed by atoms with van der Waals surface area (Å²) < 4.78 is 10.9. The Balaban J connectivity index is 1.51. The van der Waals surface area contributed by atoms with E-state index < -0.39 is 11.6 Å². The van der Waals surface area contributed by atoms with Crippen molar-refractivity contribution in [3.05, 3.63) is 23.8 Å². The predicted molar refractivity (Wildman–Crippen MR) is 87.8 cm³/mol. The second kappa shape index (κ2) is 6.06. The smallest absolute Gasteiger partial charge is 0.325 e. The van der Waals surface area contributed by atoms with Gasteiger partial charge >= 0.3 is 6.03 Å². The molecule has 0 atom stereocenters. The van der Waals surface area contributed by atoms with Crippen LogP contribution in [0.2, 0.25) is 0 Å². The lowest BCUT2D eigenvalue weighted by molar-refractivity contribution is -0.132. The maximum Gasteiger partial charge on any atom is 0.325 e. The van der Waals surface area contributed by atoms with Gasteiger partial charge in [-0.25, -0.2) is 4.79 Å². The number of urea groups is 1. The van der Waals surface area contributed by atoms with Crippen LogP contribution in [0.25, 0.3) is 0 Å². The van der Waals surface area contributed by atoms with E-state index in [2.05, 4.69) is 5.32 Å². The number of ketones is 1. The fourth-order valence-corrected chi connectivity index (χ4v) is 3.77. The van der Waals surface area contributed by atoms with Gasteiger partial charge in [-0.3, -0.25) is 14.5 Å². The van der Waals surface area contributed by atoms with Gasteiger partial charge < -0.3 is 14.8 Å². The third kappa shape index (κ3) is 2.73. The summed E-state index contributed by atoms with van der Waals surface area (Å²) in [4.78, 5) is 38.6. The van der Waals surface area contributed by atoms with Gasteiger partial charge in [-0.1, -0.05) is 19.3 Å². The summed E-state index contributed by atoms with van der Waals surface area (Å²) in [6.45, 7) is 0.650. The maximum absolute atomic E-state index is 12.7. The van der Waals surface area contributed by atoms with Gasteiger partial charge in [0.25, 0.3) is 5.91 Å². The minimum Gasteiger partial charge on any atom is -0.486 e. The first-order valence-corrected chi connectivity index (χ1v) is 8.66. The van der Waals surface area contributed by atoms with E-state index in [1.807, 2.05) is 0 Å². The van der Waals surface area contributed by atoms with Crippen molar-refractivity contribution in [1.29, 1.82) is 0 Å². The van der Waals surface area contributed by atoms with Crippen LogP contribution in [0.5, 0.6) is 11.5 Å². The highest BCUT2D eigenvalue weighted by Gasteiger charge is 2.51. The van der Waals surface area contributed by atoms with E-state index in [-0.39, 0.29) is 18.2 Å². The molecule has 1 aromatic carbocycles. The molecular weight excluding hydrogens is 324 g/mol. The number of nitrogens with one attached hydrogen (secondary N) is 1. The van der Waals surface area contributed by atoms with Gasteiger partial charge in [0.1, 0.15) is 18.8 Å². The molecule has 7 nitrogen and oxygen atoms in total. The Labute approximate surface area is 145 Å². The van der Waals surface area contributed by atoms with Crippen molar-refractivity contribution < 1.29 is 23.9 Å². The van der Waals surface area contributed by atoms with E-state index in [9.17, 15) is 14.4 Å². The van der Waals surface area contributed by atoms with Gasteiger partial charge in [-0.05, 0) is 31.0 Å². The fraction of sp³-hybridized carbons (Fsp3) is 0.500. The molecule has 3 amide bonds. The number of carbonyl (C=O) groups excluding carboxylic acids is 3. The summed E-state index contributed by atoms with van der Waals surface area (Å²) in [5, 5.41) is 2.82. The summed E-state index contributed by atoms with van der Waals surface area (Å²) in [5.74, 6) is 0.536. The Morgan fingerprint density at radius 2 is 1.80 bits per heavy atom. The van der Waals surface area contributed by atoms with Gasteiger partial charge in [0.2, 0.25) is 0 Å². The Kier molecular flexibility index (Phi) is 3.86. The molecule has 1 saturated heterocycles. The van der Waals surface area contributed by atoms with Crippen molar-refractivity contribution in [1.82, 2.24) is 10.2 Å². The van der Waals surface area contributed by atoms with Crippen molar-refractivity contribution in [2.75, 3.05) is 19.8 Å². The molecule has 1 N–H and O–H groups in total. The second-order valence-electron chi connectivity index (χ2n) is 6.75. The molecule has 3 aliphatic rings. The van der Waals surface area contributed by atoms with Gasteiger partial charge in [-0.2, -0.15) is 0 Å². The van der Waals surface area contributed by atoms with E-state index >= 15 is 0 Å². The van der Waals surface area contributed by atoms with Crippen molar-refractivity contribution in [3.8, 4) is 11.5 Å². The lowest BCUT2D eigenvalue weighted by Gasteiger charge is -2.30. The molecule has 0 radical (unpaired) electrons. The first kappa shape index (κ1) is 15.9. The summed E-state index contributed by atoms with van der Waals surface area (Å²) in [6, 6.07) is 4.44. The Hall–Kier alpha value is -2.57. The number of imide groups is 1. The van der Waals surface area contributed by atoms with Crippen molar-refractivity contribution in [2.24, 2.45) is 0 Å². The molecular formula is C18H20N2O5. The zero-order valence-electron chi connectivity index (χ0n) is 13.9. The van der Waals surface area contributed by atoms with E-state index in [0.717, 1.165) is 24.2 Å². The lowest BCUT2D eigenvalue weighted by atomic mass is 9.82. The second-order valence-corrected chi connectivity index (χ2v) is 6.75. The van der Waals surface area contributed by atoms with Crippen LogP contribution < -0.4 is 14.8 Å². The van der Waals surface area contributed by atoms with Crippen molar-refractivity contribution in [3.63, 3.8) is 0 Å². The minimum atomic E-state index is -0.803. The maximum atomic E-state index is 12.7. The van der Waals surface area contributed by atoms with Gasteiger partial charge in [-0.15, -0.1) is 0 Å². The number of benzene rings is 1. The summed E-state index contributed by atoms with van der Waals surface area (Å²) in [6.07, 6.45) is 4.19. The van der Waals surface area contributed by atoms with Crippen LogP contribution in [-0.2, 0) is 4.79 Å². The number of carbonyl (C=O) groups is 3. The van der Waals surface area contributed by atoms with Crippen LogP contribution in [0, 0.1) is 0 Å². The molecule has 132 valence electrons. The number of hydrogen-bond acceptors (Lipinski definition) is 5. The van der Waals surface area contributed by atoms with Gasteiger partial charge in [0.15, 0.2) is 17.3 Å². The minimum absolute atomic E-state index is 0.258. The summed E-state index contributed by atoms with van der Waals surface area (Å²) >= 11 is 0. The zero-order chi connectivity index (χ0) is 17.4. The van der Waals surface area contributed by atoms with Crippen LogP contribution >= 0.6 is 0 Å². The number of ether oxygens (including phenoxy) is 2. The number of Topliss-reactive ketones (excluding diaryl/α,β-unsaturated/α-hetero) is 1. The van der Waals surface area contributed by atoms with E-state index in [1.54, 1.807) is 18.2 Å². The Morgan fingerprint density at radius 1 is 1.08 bits per heavy atom. The number of fused-ring (bicyclic) bond motifs is 1. The third-order valence-corrected chi connectivity index (χ3v) is 5.12. The van der Waals surface area contributed by atoms with E-state index in [1.165, 1.54) is 0 Å². The number of rotatable bonds is 3. The number of amides is 3. The SMILES string of the molecule is O=C(CN1C(=O)NC2(CCCCC2)C1=O)c1ccc2c(c1)OCCO2. The third-order valence-electron chi connectivity index (χ3n) is 5.12. The van der Waals surface area contributed by atoms with E-state index in [0.29, 0.717) is 43.1 Å². The molecule has 0 bridgehead atoms. The van der Waals surface area contributed by atoms with Crippen molar-refractivity contribution in [2.45, 2.75) is 37.6 Å². The predicted octanol–water partition coefficient (Wildman–Crippen LogP) is 1.90. The molecule has 1 aromatic rings. The molecule has 2 heterocycles. The van der Waals surface area contributed by atoms with Crippen LogP contribution in [0.3, 0.4) is 0 Å². The monoisotopic (exact) mass is 344 g/mol. The first-order valence-electron chi connectivity index (χ1n) is 8.66. The highest BCUT2D eigenvalue weighted by atomic mass is 16.6. The topological polar surface area (TPSA) is 84.9 Å². The van der Waals surface area contributed by atoms with Crippen LogP contribution in [0.1, 0.15) is 42.5 Å². The molecule has 2 fully saturated rings. The quantitative estimate of drug-likeness (QED) is 0.669. The van der Waals surface area contributed by atoms with Gasteiger partial charge in [0.05, 0.1) is 6.54 Å². The number of nitrogens with zero attached hydrogens (tertiary/aromatic N) is 1. The molecule has 25 heavy (non-hydrogen) atoms. The van der Waals surface area contributed by atoms with Crippen molar-refractivity contribution >= 4 is 17.7 Å². The van der Waals surface area contributed by atoms with Crippen LogP contribution in [0.4, 0.5) is 4.79 Å². The zero-order valence-corrected chi connectivity index (χ0v) is 13.9. The van der Waals surface area contributed by atoms with Gasteiger partial charge in [0, 0.05) is 5.56 Å². The molecule has 0 aromatic heterocycles. The largest absolute Gasteiger partial charge is 0.486 e. The highest BCUT2D eigenvalue weighted by Crippen LogP contribution is 2.34. The standard InChI is InChI=1S/C18H20N2O5/c21-13(12-4-5-14-15(10-12)25-9-8-24-14)11-20-16(22)18(19-17(20)23)6-2-1-3-7-18/h4-5,10H,1-3,6-9,11H2,(H,19,23). The normalized spacial score (nSPS) is 21.4. The molecule has 1 aliphatic carbocycles. The highest BCUT2D eigenvalue weighted by molar-refractivity contribution is 6.11. The fourth-order valence-electron chi connectivity index (χ4n) is 3.77. The lowest BCUT2D eigenvalue weighted by Crippen LogP contribution is -2.48. The average molecular weight is 344 g/mol. The Bertz CT molecular complexity index is 739. The molecule has 0 unspecified atom stereocenters. The molecule has 1 spiro atoms. The molecule has 7 heteroatoms. The summed E-state index contributed by atoms with van der Waals surface area (Å²) in [5.41, 5.74) is -0.406. The van der Waals surface area contributed by atoms with Crippen LogP contribution in [-0.4, -0.2) is 47.9 Å². The molecule has 1 saturated carbocycles. The number of hydrogen-bond donors (Lipinski definition) is 1. The Morgan fingerprint density at radius 3 is 2.56 bits per heavy atom. The molecule has 2 aliphatic heterocycles. The van der Waals surface area contributed by atoms with E-state index in [4.69, 9.17) is 9.47 Å². The molecule has 4 rings (SSSR count).